The van der Waals surface area contributed by atoms with Crippen molar-refractivity contribution in [3.8, 4) is 0 Å². The van der Waals surface area contributed by atoms with Gasteiger partial charge < -0.3 is 25.8 Å². The Hall–Kier alpha value is -0.850. The molecule has 114 valence electrons. The van der Waals surface area contributed by atoms with Crippen LogP contribution in [0.4, 0.5) is 4.79 Å². The molecule has 0 radical (unpaired) electrons. The summed E-state index contributed by atoms with van der Waals surface area (Å²) in [6.07, 6.45) is 1.54. The third kappa shape index (κ3) is 11.9. The maximum absolute atomic E-state index is 11.4. The maximum atomic E-state index is 11.4. The van der Waals surface area contributed by atoms with Gasteiger partial charge in [-0.05, 0) is 40.2 Å². The van der Waals surface area contributed by atoms with E-state index in [0.717, 1.165) is 12.8 Å². The van der Waals surface area contributed by atoms with Crippen molar-refractivity contribution in [2.24, 2.45) is 5.73 Å². The Balaban J connectivity index is 3.72. The van der Waals surface area contributed by atoms with E-state index in [1.165, 1.54) is 0 Å². The van der Waals surface area contributed by atoms with Crippen molar-refractivity contribution >= 4 is 6.09 Å². The third-order valence-corrected chi connectivity index (χ3v) is 2.35. The van der Waals surface area contributed by atoms with E-state index in [1.807, 2.05) is 20.8 Å². The van der Waals surface area contributed by atoms with Gasteiger partial charge in [0.2, 0.25) is 0 Å². The molecule has 0 bridgehead atoms. The summed E-state index contributed by atoms with van der Waals surface area (Å²) in [5.41, 5.74) is 5.02. The Morgan fingerprint density at radius 1 is 1.32 bits per heavy atom. The Bertz CT molecular complexity index is 242. The number of rotatable bonds is 9. The minimum absolute atomic E-state index is 0.272. The van der Waals surface area contributed by atoms with E-state index in [0.29, 0.717) is 26.2 Å². The number of hydrogen-bond donors (Lipinski definition) is 3. The van der Waals surface area contributed by atoms with Crippen molar-refractivity contribution < 1.29 is 14.3 Å². The number of nitrogens with two attached hydrogens (primary N) is 1. The van der Waals surface area contributed by atoms with Gasteiger partial charge in [-0.1, -0.05) is 0 Å². The number of ether oxygens (including phenoxy) is 2. The first-order valence-corrected chi connectivity index (χ1v) is 6.78. The molecule has 0 saturated carbocycles. The van der Waals surface area contributed by atoms with Crippen molar-refractivity contribution in [1.29, 1.82) is 0 Å². The molecule has 0 heterocycles. The second kappa shape index (κ2) is 10.00. The molecule has 0 aliphatic rings. The van der Waals surface area contributed by atoms with Crippen LogP contribution in [0.3, 0.4) is 0 Å². The lowest BCUT2D eigenvalue weighted by molar-refractivity contribution is 0.0527. The predicted octanol–water partition coefficient (Wildman–Crippen LogP) is 0.855. The molecule has 6 nitrogen and oxygen atoms in total. The lowest BCUT2D eigenvalue weighted by Crippen LogP contribution is -2.40. The van der Waals surface area contributed by atoms with Crippen molar-refractivity contribution in [3.05, 3.63) is 0 Å². The van der Waals surface area contributed by atoms with Crippen molar-refractivity contribution in [2.75, 3.05) is 33.4 Å². The molecule has 0 spiro atoms. The normalized spacial score (nSPS) is 13.1. The zero-order valence-corrected chi connectivity index (χ0v) is 12.6. The fourth-order valence-corrected chi connectivity index (χ4v) is 1.56. The zero-order chi connectivity index (χ0) is 14.7. The van der Waals surface area contributed by atoms with Crippen LogP contribution >= 0.6 is 0 Å². The van der Waals surface area contributed by atoms with Crippen LogP contribution in [-0.4, -0.2) is 51.1 Å². The standard InChI is InChI=1S/C13H29N3O3/c1-13(2,3)19-12(17)16-9-8-15-11(10-18-4)6-5-7-14/h11,15H,5-10,14H2,1-4H3,(H,16,17). The number of carbonyl (C=O) groups excluding carboxylic acids is 1. The number of carbonyl (C=O) groups is 1. The third-order valence-electron chi connectivity index (χ3n) is 2.35. The molecule has 6 heteroatoms. The number of hydrogen-bond acceptors (Lipinski definition) is 5. The van der Waals surface area contributed by atoms with E-state index >= 15 is 0 Å². The summed E-state index contributed by atoms with van der Waals surface area (Å²) in [5.74, 6) is 0. The van der Waals surface area contributed by atoms with E-state index in [9.17, 15) is 4.79 Å². The smallest absolute Gasteiger partial charge is 0.407 e. The lowest BCUT2D eigenvalue weighted by atomic mass is 10.1. The lowest BCUT2D eigenvalue weighted by Gasteiger charge is -2.20. The van der Waals surface area contributed by atoms with Gasteiger partial charge in [-0.2, -0.15) is 0 Å². The second-order valence-electron chi connectivity index (χ2n) is 5.47. The van der Waals surface area contributed by atoms with Crippen LogP contribution in [-0.2, 0) is 9.47 Å². The van der Waals surface area contributed by atoms with Gasteiger partial charge in [0.1, 0.15) is 5.60 Å². The summed E-state index contributed by atoms with van der Waals surface area (Å²) >= 11 is 0. The van der Waals surface area contributed by atoms with Gasteiger partial charge in [-0.3, -0.25) is 0 Å². The van der Waals surface area contributed by atoms with Gasteiger partial charge in [-0.15, -0.1) is 0 Å². The first-order chi connectivity index (χ1) is 8.89. The van der Waals surface area contributed by atoms with E-state index in [4.69, 9.17) is 15.2 Å². The summed E-state index contributed by atoms with van der Waals surface area (Å²) in [6.45, 7) is 8.05. The van der Waals surface area contributed by atoms with Gasteiger partial charge in [0, 0.05) is 26.2 Å². The first-order valence-electron chi connectivity index (χ1n) is 6.78. The Morgan fingerprint density at radius 2 is 2.00 bits per heavy atom. The van der Waals surface area contributed by atoms with E-state index < -0.39 is 5.60 Å². The quantitative estimate of drug-likeness (QED) is 0.543. The van der Waals surface area contributed by atoms with Crippen LogP contribution < -0.4 is 16.4 Å². The summed E-state index contributed by atoms with van der Waals surface area (Å²) < 4.78 is 10.3. The molecule has 0 aliphatic carbocycles. The summed E-state index contributed by atoms with van der Waals surface area (Å²) in [5, 5.41) is 6.03. The first kappa shape index (κ1) is 18.1. The maximum Gasteiger partial charge on any atom is 0.407 e. The van der Waals surface area contributed by atoms with Crippen LogP contribution in [0, 0.1) is 0 Å². The van der Waals surface area contributed by atoms with Gasteiger partial charge in [0.25, 0.3) is 0 Å². The Kier molecular flexibility index (Phi) is 9.55. The molecular weight excluding hydrogens is 246 g/mol. The van der Waals surface area contributed by atoms with E-state index in [-0.39, 0.29) is 12.1 Å². The minimum atomic E-state index is -0.461. The number of methoxy groups -OCH3 is 1. The molecule has 0 aromatic rings. The Morgan fingerprint density at radius 3 is 2.53 bits per heavy atom. The van der Waals surface area contributed by atoms with Crippen LogP contribution in [0.1, 0.15) is 33.6 Å². The molecule has 1 atom stereocenters. The van der Waals surface area contributed by atoms with Crippen LogP contribution in [0.25, 0.3) is 0 Å². The van der Waals surface area contributed by atoms with Gasteiger partial charge in [0.15, 0.2) is 0 Å². The fourth-order valence-electron chi connectivity index (χ4n) is 1.56. The van der Waals surface area contributed by atoms with E-state index in [1.54, 1.807) is 7.11 Å². The molecule has 0 aromatic carbocycles. The topological polar surface area (TPSA) is 85.6 Å². The minimum Gasteiger partial charge on any atom is -0.444 e. The molecule has 4 N–H and O–H groups in total. The molecule has 1 amide bonds. The average Bonchev–Trinajstić information content (AvgIpc) is 2.29. The molecular formula is C13H29N3O3. The summed E-state index contributed by atoms with van der Waals surface area (Å²) in [4.78, 5) is 11.4. The Labute approximate surface area is 116 Å². The van der Waals surface area contributed by atoms with Crippen molar-refractivity contribution in [3.63, 3.8) is 0 Å². The highest BCUT2D eigenvalue weighted by Gasteiger charge is 2.15. The monoisotopic (exact) mass is 275 g/mol. The average molecular weight is 275 g/mol. The van der Waals surface area contributed by atoms with Crippen molar-refractivity contribution in [1.82, 2.24) is 10.6 Å². The van der Waals surface area contributed by atoms with Crippen LogP contribution in [0.15, 0.2) is 0 Å². The number of nitrogens with one attached hydrogen (secondary N) is 2. The largest absolute Gasteiger partial charge is 0.444 e. The number of amides is 1. The zero-order valence-electron chi connectivity index (χ0n) is 12.6. The predicted molar refractivity (Wildman–Crippen MR) is 76.2 cm³/mol. The van der Waals surface area contributed by atoms with Gasteiger partial charge >= 0.3 is 6.09 Å². The SMILES string of the molecule is COCC(CCCN)NCCNC(=O)OC(C)(C)C. The molecule has 0 saturated heterocycles. The summed E-state index contributed by atoms with van der Waals surface area (Å²) in [6, 6.07) is 0.272. The highest BCUT2D eigenvalue weighted by molar-refractivity contribution is 5.67. The molecule has 1 unspecified atom stereocenters. The van der Waals surface area contributed by atoms with Crippen molar-refractivity contribution in [2.45, 2.75) is 45.3 Å². The fraction of sp³-hybridized carbons (Fsp3) is 0.923. The van der Waals surface area contributed by atoms with Crippen LogP contribution in [0.5, 0.6) is 0 Å². The molecule has 0 fully saturated rings. The molecule has 19 heavy (non-hydrogen) atoms. The summed E-state index contributed by atoms with van der Waals surface area (Å²) in [7, 11) is 1.68. The van der Waals surface area contributed by atoms with Gasteiger partial charge in [0.05, 0.1) is 6.61 Å². The molecule has 0 rings (SSSR count). The van der Waals surface area contributed by atoms with Gasteiger partial charge in [-0.25, -0.2) is 4.79 Å². The highest BCUT2D eigenvalue weighted by atomic mass is 16.6. The van der Waals surface area contributed by atoms with Crippen LogP contribution in [0.2, 0.25) is 0 Å². The molecule has 0 aliphatic heterocycles. The highest BCUT2D eigenvalue weighted by Crippen LogP contribution is 2.06. The number of alkyl carbamates (subject to hydrolysis) is 1. The molecule has 0 aromatic heterocycles. The second-order valence-corrected chi connectivity index (χ2v) is 5.47. The van der Waals surface area contributed by atoms with E-state index in [2.05, 4.69) is 10.6 Å².